The van der Waals surface area contributed by atoms with Crippen LogP contribution >= 0.6 is 7.82 Å². The zero-order valence-electron chi connectivity index (χ0n) is 16.7. The molecule has 0 radical (unpaired) electrons. The van der Waals surface area contributed by atoms with Crippen LogP contribution in [0.15, 0.2) is 42.5 Å². The summed E-state index contributed by atoms with van der Waals surface area (Å²) in [6.45, 7) is 4.86. The SMILES string of the molecule is CC(=O)c1ccc2c(c1)C[C@@H](OP(=O)(O)O)C(C)(C)O2.NC(=O)c1ccc(F)cc1. The van der Waals surface area contributed by atoms with Crippen LogP contribution in [0.4, 0.5) is 4.39 Å². The number of Topliss-reactive ketones (excluding diaryl/α,β-unsaturated/α-hetero) is 1. The van der Waals surface area contributed by atoms with Gasteiger partial charge in [0.05, 0.1) is 0 Å². The minimum Gasteiger partial charge on any atom is -0.485 e. The van der Waals surface area contributed by atoms with Crippen LogP contribution < -0.4 is 10.5 Å². The van der Waals surface area contributed by atoms with Gasteiger partial charge in [0.25, 0.3) is 0 Å². The van der Waals surface area contributed by atoms with Crippen molar-refractivity contribution >= 4 is 19.5 Å². The van der Waals surface area contributed by atoms with Crippen LogP contribution in [0.25, 0.3) is 0 Å². The third-order valence-corrected chi connectivity index (χ3v) is 4.94. The lowest BCUT2D eigenvalue weighted by atomic mass is 9.90. The van der Waals surface area contributed by atoms with E-state index in [-0.39, 0.29) is 18.0 Å². The van der Waals surface area contributed by atoms with Gasteiger partial charge in [-0.15, -0.1) is 0 Å². The second-order valence-corrected chi connectivity index (χ2v) is 8.44. The molecule has 1 amide bonds. The molecule has 0 bridgehead atoms. The van der Waals surface area contributed by atoms with Crippen molar-refractivity contribution in [2.24, 2.45) is 5.73 Å². The van der Waals surface area contributed by atoms with E-state index in [0.29, 0.717) is 22.4 Å². The van der Waals surface area contributed by atoms with Gasteiger partial charge in [-0.05, 0) is 68.8 Å². The molecule has 3 rings (SSSR count). The highest BCUT2D eigenvalue weighted by Crippen LogP contribution is 2.44. The summed E-state index contributed by atoms with van der Waals surface area (Å²) in [5, 5.41) is 0. The minimum atomic E-state index is -4.60. The van der Waals surface area contributed by atoms with Gasteiger partial charge in [-0.2, -0.15) is 0 Å². The van der Waals surface area contributed by atoms with Crippen molar-refractivity contribution in [1.82, 2.24) is 0 Å². The molecule has 0 aromatic heterocycles. The molecule has 0 saturated heterocycles. The lowest BCUT2D eigenvalue weighted by Crippen LogP contribution is -2.47. The maximum atomic E-state index is 12.2. The van der Waals surface area contributed by atoms with Crippen molar-refractivity contribution in [3.8, 4) is 5.75 Å². The topological polar surface area (TPSA) is 136 Å². The van der Waals surface area contributed by atoms with E-state index in [1.807, 2.05) is 0 Å². The summed E-state index contributed by atoms with van der Waals surface area (Å²) in [7, 11) is -4.60. The Labute approximate surface area is 173 Å². The van der Waals surface area contributed by atoms with Gasteiger partial charge < -0.3 is 20.3 Å². The lowest BCUT2D eigenvalue weighted by Gasteiger charge is -2.39. The number of ether oxygens (including phenoxy) is 1. The Bertz CT molecular complexity index is 985. The third kappa shape index (κ3) is 6.47. The first-order chi connectivity index (χ1) is 13.8. The predicted molar refractivity (Wildman–Crippen MR) is 107 cm³/mol. The van der Waals surface area contributed by atoms with Crippen LogP contribution in [-0.4, -0.2) is 33.2 Å². The van der Waals surface area contributed by atoms with Gasteiger partial charge in [0, 0.05) is 17.5 Å². The molecule has 1 heterocycles. The lowest BCUT2D eigenvalue weighted by molar-refractivity contribution is -0.0391. The molecule has 2 aromatic rings. The molecule has 0 fully saturated rings. The molecule has 0 aliphatic carbocycles. The average molecular weight is 439 g/mol. The molecule has 30 heavy (non-hydrogen) atoms. The second kappa shape index (κ2) is 9.06. The summed E-state index contributed by atoms with van der Waals surface area (Å²) in [4.78, 5) is 39.7. The fraction of sp³-hybridized carbons (Fsp3) is 0.300. The quantitative estimate of drug-likeness (QED) is 0.492. The number of phosphoric acid groups is 1. The number of rotatable bonds is 4. The number of hydrogen-bond acceptors (Lipinski definition) is 5. The highest BCUT2D eigenvalue weighted by atomic mass is 31.2. The number of hydrogen-bond donors (Lipinski definition) is 3. The molecular weight excluding hydrogens is 416 g/mol. The molecular formula is C20H23FNO7P. The van der Waals surface area contributed by atoms with Gasteiger partial charge in [0.1, 0.15) is 23.3 Å². The Kier molecular flexibility index (Phi) is 7.15. The molecule has 4 N–H and O–H groups in total. The van der Waals surface area contributed by atoms with Gasteiger partial charge in [0.2, 0.25) is 5.91 Å². The maximum absolute atomic E-state index is 12.2. The van der Waals surface area contributed by atoms with Crippen molar-refractivity contribution in [1.29, 1.82) is 0 Å². The molecule has 2 aromatic carbocycles. The zero-order valence-corrected chi connectivity index (χ0v) is 17.6. The molecule has 0 spiro atoms. The highest BCUT2D eigenvalue weighted by Gasteiger charge is 2.41. The maximum Gasteiger partial charge on any atom is 0.470 e. The van der Waals surface area contributed by atoms with Crippen LogP contribution in [0.1, 0.15) is 47.1 Å². The van der Waals surface area contributed by atoms with E-state index < -0.39 is 25.4 Å². The van der Waals surface area contributed by atoms with Gasteiger partial charge in [-0.1, -0.05) is 0 Å². The van der Waals surface area contributed by atoms with E-state index in [4.69, 9.17) is 24.8 Å². The molecule has 1 aliphatic heterocycles. The molecule has 10 heteroatoms. The summed E-state index contributed by atoms with van der Waals surface area (Å²) in [5.41, 5.74) is 5.59. The fourth-order valence-corrected chi connectivity index (χ4v) is 3.46. The van der Waals surface area contributed by atoms with E-state index in [9.17, 15) is 18.5 Å². The van der Waals surface area contributed by atoms with Crippen LogP contribution in [-0.2, 0) is 15.5 Å². The molecule has 1 aliphatic rings. The van der Waals surface area contributed by atoms with E-state index in [1.165, 1.54) is 31.2 Å². The Hall–Kier alpha value is -2.58. The number of halogens is 1. The average Bonchev–Trinajstić information content (AvgIpc) is 2.61. The Morgan fingerprint density at radius 2 is 1.73 bits per heavy atom. The second-order valence-electron chi connectivity index (χ2n) is 7.24. The third-order valence-electron chi connectivity index (χ3n) is 4.41. The Morgan fingerprint density at radius 3 is 2.23 bits per heavy atom. The molecule has 8 nitrogen and oxygen atoms in total. The summed E-state index contributed by atoms with van der Waals surface area (Å²) in [5.74, 6) is -0.388. The highest BCUT2D eigenvalue weighted by molar-refractivity contribution is 7.46. The number of carbonyl (C=O) groups excluding carboxylic acids is 2. The van der Waals surface area contributed by atoms with Crippen molar-refractivity contribution in [2.45, 2.75) is 38.9 Å². The Balaban J connectivity index is 0.000000269. The number of amides is 1. The first kappa shape index (κ1) is 23.7. The first-order valence-corrected chi connectivity index (χ1v) is 10.4. The largest absolute Gasteiger partial charge is 0.485 e. The number of fused-ring (bicyclic) bond motifs is 1. The molecule has 0 saturated carbocycles. The molecule has 1 atom stereocenters. The number of nitrogens with two attached hydrogens (primary N) is 1. The standard InChI is InChI=1S/C13H17O6P.C7H6FNO/c1-8(14)9-4-5-11-10(6-9)7-12(13(2,3)18-11)19-20(15,16)17;8-6-3-1-5(2-4-6)7(9)10/h4-6,12H,7H2,1-3H3,(H2,15,16,17);1-4H,(H2,9,10)/t12-;/m1./s1. The van der Waals surface area contributed by atoms with E-state index in [1.54, 1.807) is 32.0 Å². The monoisotopic (exact) mass is 439 g/mol. The van der Waals surface area contributed by atoms with E-state index in [2.05, 4.69) is 0 Å². The Morgan fingerprint density at radius 1 is 1.17 bits per heavy atom. The minimum absolute atomic E-state index is 0.0786. The summed E-state index contributed by atoms with van der Waals surface area (Å²) in [6, 6.07) is 10.1. The summed E-state index contributed by atoms with van der Waals surface area (Å²) >= 11 is 0. The fourth-order valence-electron chi connectivity index (χ4n) is 2.80. The smallest absolute Gasteiger partial charge is 0.470 e. The first-order valence-electron chi connectivity index (χ1n) is 8.90. The number of primary amides is 1. The molecule has 162 valence electrons. The van der Waals surface area contributed by atoms with Gasteiger partial charge in [0.15, 0.2) is 5.78 Å². The predicted octanol–water partition coefficient (Wildman–Crippen LogP) is 3.01. The van der Waals surface area contributed by atoms with Crippen LogP contribution in [0, 0.1) is 5.82 Å². The van der Waals surface area contributed by atoms with E-state index >= 15 is 0 Å². The number of phosphoric ester groups is 1. The van der Waals surface area contributed by atoms with Gasteiger partial charge in [-0.3, -0.25) is 14.1 Å². The number of ketones is 1. The van der Waals surface area contributed by atoms with Crippen molar-refractivity contribution < 1.29 is 37.6 Å². The number of carbonyl (C=O) groups is 2. The number of benzene rings is 2. The molecule has 0 unspecified atom stereocenters. The van der Waals surface area contributed by atoms with Gasteiger partial charge >= 0.3 is 7.82 Å². The van der Waals surface area contributed by atoms with Crippen LogP contribution in [0.2, 0.25) is 0 Å². The van der Waals surface area contributed by atoms with Crippen molar-refractivity contribution in [3.05, 3.63) is 65.0 Å². The summed E-state index contributed by atoms with van der Waals surface area (Å²) in [6.07, 6.45) is -0.521. The summed E-state index contributed by atoms with van der Waals surface area (Å²) < 4.78 is 33.8. The van der Waals surface area contributed by atoms with E-state index in [0.717, 1.165) is 0 Å². The van der Waals surface area contributed by atoms with Crippen molar-refractivity contribution in [3.63, 3.8) is 0 Å². The zero-order chi connectivity index (χ0) is 22.7. The van der Waals surface area contributed by atoms with Crippen LogP contribution in [0.5, 0.6) is 5.75 Å². The van der Waals surface area contributed by atoms with Crippen molar-refractivity contribution in [2.75, 3.05) is 0 Å². The van der Waals surface area contributed by atoms with Gasteiger partial charge in [-0.25, -0.2) is 8.96 Å². The van der Waals surface area contributed by atoms with Crippen LogP contribution in [0.3, 0.4) is 0 Å². The normalized spacial score (nSPS) is 17.1.